The van der Waals surface area contributed by atoms with E-state index in [0.29, 0.717) is 6.61 Å². The van der Waals surface area contributed by atoms with Gasteiger partial charge in [0, 0.05) is 22.3 Å². The van der Waals surface area contributed by atoms with Crippen LogP contribution < -0.4 is 4.74 Å². The van der Waals surface area contributed by atoms with Crippen molar-refractivity contribution in [3.8, 4) is 5.75 Å². The lowest BCUT2D eigenvalue weighted by molar-refractivity contribution is -0.147. The van der Waals surface area contributed by atoms with E-state index >= 15 is 0 Å². The molecule has 0 spiro atoms. The second kappa shape index (κ2) is 7.03. The van der Waals surface area contributed by atoms with Gasteiger partial charge in [-0.2, -0.15) is 0 Å². The number of pyridine rings is 2. The first-order chi connectivity index (χ1) is 12.7. The quantitative estimate of drug-likeness (QED) is 0.451. The van der Waals surface area contributed by atoms with Crippen LogP contribution in [0.25, 0.3) is 10.9 Å². The average molecular weight is 413 g/mol. The van der Waals surface area contributed by atoms with Crippen molar-refractivity contribution in [2.45, 2.75) is 18.3 Å². The van der Waals surface area contributed by atoms with Gasteiger partial charge >= 0.3 is 5.97 Å². The molecule has 0 unspecified atom stereocenters. The summed E-state index contributed by atoms with van der Waals surface area (Å²) in [6.07, 6.45) is 4.97. The largest absolute Gasteiger partial charge is 0.489 e. The molecule has 0 saturated heterocycles. The highest BCUT2D eigenvalue weighted by atomic mass is 79.9. The van der Waals surface area contributed by atoms with Gasteiger partial charge in [-0.3, -0.25) is 14.8 Å². The number of para-hydroxylation sites is 1. The predicted octanol–water partition coefficient (Wildman–Crippen LogP) is 4.05. The molecule has 6 heteroatoms. The summed E-state index contributed by atoms with van der Waals surface area (Å²) in [5, 5.41) is 0.944. The van der Waals surface area contributed by atoms with Crippen molar-refractivity contribution in [1.82, 2.24) is 9.97 Å². The van der Waals surface area contributed by atoms with Gasteiger partial charge in [0.05, 0.1) is 11.2 Å². The molecule has 2 aromatic heterocycles. The highest BCUT2D eigenvalue weighted by Crippen LogP contribution is 2.48. The van der Waals surface area contributed by atoms with Crippen LogP contribution in [0.2, 0.25) is 0 Å². The van der Waals surface area contributed by atoms with E-state index in [4.69, 9.17) is 9.47 Å². The normalized spacial score (nSPS) is 14.8. The number of hydrogen-bond donors (Lipinski definition) is 0. The number of benzene rings is 1. The van der Waals surface area contributed by atoms with Gasteiger partial charge < -0.3 is 9.47 Å². The number of carbonyl (C=O) groups excluding carboxylic acids is 1. The standard InChI is InChI=1S/C20H17BrN2O3/c21-14-5-6-18(23-13-14)20(8-9-20)19(24)26-12-11-25-17-7-10-22-16-4-2-1-3-15(16)17/h1-7,10,13H,8-9,11-12H2. The highest BCUT2D eigenvalue weighted by molar-refractivity contribution is 9.10. The number of carbonyl (C=O) groups is 1. The first-order valence-electron chi connectivity index (χ1n) is 8.45. The smallest absolute Gasteiger partial charge is 0.318 e. The highest BCUT2D eigenvalue weighted by Gasteiger charge is 2.54. The summed E-state index contributed by atoms with van der Waals surface area (Å²) >= 11 is 3.36. The Bertz CT molecular complexity index is 934. The van der Waals surface area contributed by atoms with Crippen LogP contribution in [0.5, 0.6) is 5.75 Å². The molecular weight excluding hydrogens is 396 g/mol. The fraction of sp³-hybridized carbons (Fsp3) is 0.250. The lowest BCUT2D eigenvalue weighted by Crippen LogP contribution is -2.26. The van der Waals surface area contributed by atoms with Gasteiger partial charge in [0.15, 0.2) is 0 Å². The van der Waals surface area contributed by atoms with E-state index in [1.807, 2.05) is 42.5 Å². The fourth-order valence-corrected chi connectivity index (χ4v) is 3.20. The molecule has 1 aliphatic rings. The van der Waals surface area contributed by atoms with Gasteiger partial charge in [0.25, 0.3) is 0 Å². The molecule has 132 valence electrons. The minimum Gasteiger partial charge on any atom is -0.489 e. The Balaban J connectivity index is 1.35. The van der Waals surface area contributed by atoms with Crippen LogP contribution in [0.15, 0.2) is 59.3 Å². The Hall–Kier alpha value is -2.47. The summed E-state index contributed by atoms with van der Waals surface area (Å²) in [5.74, 6) is 0.512. The van der Waals surface area contributed by atoms with Gasteiger partial charge in [-0.1, -0.05) is 12.1 Å². The van der Waals surface area contributed by atoms with Gasteiger partial charge in [-0.05, 0) is 59.1 Å². The zero-order valence-electron chi connectivity index (χ0n) is 14.0. The summed E-state index contributed by atoms with van der Waals surface area (Å²) in [6.45, 7) is 0.497. The van der Waals surface area contributed by atoms with Gasteiger partial charge in [0.1, 0.15) is 24.4 Å². The molecular formula is C20H17BrN2O3. The van der Waals surface area contributed by atoms with E-state index in [1.54, 1.807) is 12.4 Å². The topological polar surface area (TPSA) is 61.3 Å². The van der Waals surface area contributed by atoms with Crippen LogP contribution in [-0.2, 0) is 14.9 Å². The summed E-state index contributed by atoms with van der Waals surface area (Å²) in [6, 6.07) is 13.4. The van der Waals surface area contributed by atoms with E-state index in [0.717, 1.165) is 39.7 Å². The number of aromatic nitrogens is 2. The monoisotopic (exact) mass is 412 g/mol. The maximum atomic E-state index is 12.5. The first kappa shape index (κ1) is 17.0. The van der Waals surface area contributed by atoms with E-state index < -0.39 is 5.41 Å². The van der Waals surface area contributed by atoms with Crippen molar-refractivity contribution in [2.24, 2.45) is 0 Å². The molecule has 4 rings (SSSR count). The second-order valence-corrected chi connectivity index (χ2v) is 7.17. The number of fused-ring (bicyclic) bond motifs is 1. The third kappa shape index (κ3) is 3.29. The third-order valence-electron chi connectivity index (χ3n) is 4.54. The summed E-state index contributed by atoms with van der Waals surface area (Å²) in [7, 11) is 0. The molecule has 1 fully saturated rings. The maximum absolute atomic E-state index is 12.5. The molecule has 1 aliphatic carbocycles. The minimum atomic E-state index is -0.579. The van der Waals surface area contributed by atoms with E-state index in [2.05, 4.69) is 25.9 Å². The molecule has 5 nitrogen and oxygen atoms in total. The molecule has 2 heterocycles. The van der Waals surface area contributed by atoms with Crippen LogP contribution in [0.1, 0.15) is 18.5 Å². The molecule has 1 aromatic carbocycles. The SMILES string of the molecule is O=C(OCCOc1ccnc2ccccc12)C1(c2ccc(Br)cn2)CC1. The minimum absolute atomic E-state index is 0.202. The summed E-state index contributed by atoms with van der Waals surface area (Å²) in [5.41, 5.74) is 1.07. The van der Waals surface area contributed by atoms with Crippen molar-refractivity contribution in [3.63, 3.8) is 0 Å². The average Bonchev–Trinajstić information content (AvgIpc) is 3.48. The third-order valence-corrected chi connectivity index (χ3v) is 5.01. The van der Waals surface area contributed by atoms with E-state index in [-0.39, 0.29) is 12.6 Å². The van der Waals surface area contributed by atoms with Gasteiger partial charge in [0.2, 0.25) is 0 Å². The number of halogens is 1. The summed E-state index contributed by atoms with van der Waals surface area (Å²) in [4.78, 5) is 21.2. The van der Waals surface area contributed by atoms with E-state index in [9.17, 15) is 4.79 Å². The Kier molecular flexibility index (Phi) is 4.59. The molecule has 0 aliphatic heterocycles. The van der Waals surface area contributed by atoms with E-state index in [1.165, 1.54) is 0 Å². The van der Waals surface area contributed by atoms with Crippen LogP contribution in [0, 0.1) is 0 Å². The van der Waals surface area contributed by atoms with Crippen molar-refractivity contribution in [3.05, 3.63) is 65.0 Å². The zero-order valence-corrected chi connectivity index (χ0v) is 15.6. The van der Waals surface area contributed by atoms with Gasteiger partial charge in [-0.25, -0.2) is 0 Å². The fourth-order valence-electron chi connectivity index (χ4n) is 2.97. The number of rotatable bonds is 6. The zero-order chi connectivity index (χ0) is 18.0. The predicted molar refractivity (Wildman–Crippen MR) is 101 cm³/mol. The molecule has 0 radical (unpaired) electrons. The molecule has 0 bridgehead atoms. The van der Waals surface area contributed by atoms with Crippen LogP contribution in [0.3, 0.4) is 0 Å². The lowest BCUT2D eigenvalue weighted by Gasteiger charge is -2.14. The van der Waals surface area contributed by atoms with Crippen molar-refractivity contribution in [2.75, 3.05) is 13.2 Å². The number of nitrogens with zero attached hydrogens (tertiary/aromatic N) is 2. The second-order valence-electron chi connectivity index (χ2n) is 6.25. The first-order valence-corrected chi connectivity index (χ1v) is 9.24. The molecule has 0 amide bonds. The van der Waals surface area contributed by atoms with Crippen LogP contribution in [0.4, 0.5) is 0 Å². The Morgan fingerprint density at radius 3 is 2.69 bits per heavy atom. The van der Waals surface area contributed by atoms with Crippen molar-refractivity contribution in [1.29, 1.82) is 0 Å². The van der Waals surface area contributed by atoms with Crippen LogP contribution in [-0.4, -0.2) is 29.2 Å². The Labute approximate surface area is 159 Å². The lowest BCUT2D eigenvalue weighted by atomic mass is 10.0. The molecule has 0 N–H and O–H groups in total. The molecule has 3 aromatic rings. The number of ether oxygens (including phenoxy) is 2. The Morgan fingerprint density at radius 1 is 1.08 bits per heavy atom. The summed E-state index contributed by atoms with van der Waals surface area (Å²) < 4.78 is 12.1. The molecule has 1 saturated carbocycles. The molecule has 0 atom stereocenters. The van der Waals surface area contributed by atoms with Crippen molar-refractivity contribution >= 4 is 32.8 Å². The Morgan fingerprint density at radius 2 is 1.92 bits per heavy atom. The number of esters is 1. The van der Waals surface area contributed by atoms with Crippen molar-refractivity contribution < 1.29 is 14.3 Å². The maximum Gasteiger partial charge on any atom is 0.318 e. The van der Waals surface area contributed by atoms with Crippen LogP contribution >= 0.6 is 15.9 Å². The number of hydrogen-bond acceptors (Lipinski definition) is 5. The molecule has 26 heavy (non-hydrogen) atoms. The van der Waals surface area contributed by atoms with Gasteiger partial charge in [-0.15, -0.1) is 0 Å².